The Labute approximate surface area is 298 Å². The lowest BCUT2D eigenvalue weighted by Crippen LogP contribution is -2.41. The highest BCUT2D eigenvalue weighted by atomic mass is 16.6. The summed E-state index contributed by atoms with van der Waals surface area (Å²) >= 11 is 0. The van der Waals surface area contributed by atoms with Crippen molar-refractivity contribution in [3.63, 3.8) is 0 Å². The van der Waals surface area contributed by atoms with Gasteiger partial charge < -0.3 is 19.1 Å². The molecule has 0 radical (unpaired) electrons. The van der Waals surface area contributed by atoms with Crippen molar-refractivity contribution in [2.24, 2.45) is 5.92 Å². The van der Waals surface area contributed by atoms with Crippen molar-refractivity contribution in [1.82, 2.24) is 34.2 Å². The number of fused-ring (bicyclic) bond motifs is 2. The van der Waals surface area contributed by atoms with E-state index in [4.69, 9.17) is 14.2 Å². The highest BCUT2D eigenvalue weighted by molar-refractivity contribution is 5.93. The SMILES string of the molecule is CC(C)(C)OC(=O)N(Cc1cc2ccc(Cn3cc(-c4cccc5cnn(C6CCCCO6)c45)nn3)cc2n1C(=O)OC(C)(C)C)CC1CCC1. The van der Waals surface area contributed by atoms with Gasteiger partial charge in [-0.15, -0.1) is 5.10 Å². The van der Waals surface area contributed by atoms with Crippen LogP contribution in [0.1, 0.15) is 97.6 Å². The molecule has 0 bridgehead atoms. The van der Waals surface area contributed by atoms with Crippen LogP contribution in [0.3, 0.4) is 0 Å². The molecule has 51 heavy (non-hydrogen) atoms. The van der Waals surface area contributed by atoms with Crippen molar-refractivity contribution in [2.45, 2.75) is 111 Å². The maximum absolute atomic E-state index is 13.8. The van der Waals surface area contributed by atoms with Gasteiger partial charge in [-0.2, -0.15) is 5.10 Å². The van der Waals surface area contributed by atoms with E-state index in [0.29, 0.717) is 30.2 Å². The summed E-state index contributed by atoms with van der Waals surface area (Å²) in [5.74, 6) is 0.421. The van der Waals surface area contributed by atoms with E-state index >= 15 is 0 Å². The predicted octanol–water partition coefficient (Wildman–Crippen LogP) is 8.32. The van der Waals surface area contributed by atoms with Crippen LogP contribution in [0.15, 0.2) is 54.9 Å². The molecule has 0 spiro atoms. The Morgan fingerprint density at radius 2 is 1.75 bits per heavy atom. The van der Waals surface area contributed by atoms with Crippen LogP contribution in [0.5, 0.6) is 0 Å². The molecule has 1 saturated carbocycles. The van der Waals surface area contributed by atoms with Crippen LogP contribution in [0.2, 0.25) is 0 Å². The molecule has 0 N–H and O–H groups in total. The van der Waals surface area contributed by atoms with Crippen LogP contribution in [0.25, 0.3) is 33.1 Å². The van der Waals surface area contributed by atoms with Gasteiger partial charge in [0.25, 0.3) is 0 Å². The second kappa shape index (κ2) is 13.8. The van der Waals surface area contributed by atoms with Crippen molar-refractivity contribution < 1.29 is 23.8 Å². The lowest BCUT2D eigenvalue weighted by Gasteiger charge is -2.33. The molecule has 1 aliphatic carbocycles. The first-order chi connectivity index (χ1) is 24.3. The van der Waals surface area contributed by atoms with E-state index in [9.17, 15) is 9.59 Å². The van der Waals surface area contributed by atoms with E-state index in [1.165, 1.54) is 0 Å². The molecule has 2 aromatic carbocycles. The van der Waals surface area contributed by atoms with Crippen molar-refractivity contribution >= 4 is 34.0 Å². The zero-order valence-corrected chi connectivity index (χ0v) is 30.6. The van der Waals surface area contributed by atoms with Crippen molar-refractivity contribution in [3.8, 4) is 11.3 Å². The number of rotatable bonds is 8. The zero-order chi connectivity index (χ0) is 35.9. The number of hydrogen-bond acceptors (Lipinski definition) is 8. The Balaban J connectivity index is 1.19. The van der Waals surface area contributed by atoms with Gasteiger partial charge in [0.2, 0.25) is 0 Å². The maximum atomic E-state index is 13.8. The number of amides is 1. The fraction of sp³-hybridized carbons (Fsp3) is 0.513. The Bertz CT molecular complexity index is 2040. The monoisotopic (exact) mass is 695 g/mol. The van der Waals surface area contributed by atoms with Gasteiger partial charge in [0, 0.05) is 35.2 Å². The molecular formula is C39H49N7O5. The molecule has 1 atom stereocenters. The van der Waals surface area contributed by atoms with Crippen LogP contribution in [-0.4, -0.2) is 70.8 Å². The minimum Gasteiger partial charge on any atom is -0.444 e. The van der Waals surface area contributed by atoms with Gasteiger partial charge in [-0.1, -0.05) is 42.0 Å². The van der Waals surface area contributed by atoms with Gasteiger partial charge in [0.05, 0.1) is 36.5 Å². The molecule has 1 saturated heterocycles. The summed E-state index contributed by atoms with van der Waals surface area (Å²) in [7, 11) is 0. The quantitative estimate of drug-likeness (QED) is 0.159. The molecule has 2 fully saturated rings. The van der Waals surface area contributed by atoms with Crippen LogP contribution in [-0.2, 0) is 27.3 Å². The minimum absolute atomic E-state index is 0.0975. The first-order valence-corrected chi connectivity index (χ1v) is 18.1. The number of para-hydroxylation sites is 1. The molecule has 12 heteroatoms. The molecular weight excluding hydrogens is 646 g/mol. The molecule has 1 aliphatic heterocycles. The summed E-state index contributed by atoms with van der Waals surface area (Å²) in [5, 5.41) is 15.6. The van der Waals surface area contributed by atoms with Crippen LogP contribution >= 0.6 is 0 Å². The molecule has 7 rings (SSSR count). The number of nitrogens with zero attached hydrogens (tertiary/aromatic N) is 7. The fourth-order valence-corrected chi connectivity index (χ4v) is 6.89. The lowest BCUT2D eigenvalue weighted by molar-refractivity contribution is -0.0366. The molecule has 5 aromatic rings. The van der Waals surface area contributed by atoms with E-state index in [1.807, 2.05) is 95.0 Å². The average Bonchev–Trinajstić information content (AvgIpc) is 3.77. The smallest absolute Gasteiger partial charge is 0.419 e. The second-order valence-electron chi connectivity index (χ2n) is 16.0. The summed E-state index contributed by atoms with van der Waals surface area (Å²) in [4.78, 5) is 29.0. The normalized spacial score (nSPS) is 17.1. The van der Waals surface area contributed by atoms with Crippen LogP contribution in [0, 0.1) is 5.92 Å². The van der Waals surface area contributed by atoms with Crippen molar-refractivity contribution in [3.05, 3.63) is 66.1 Å². The van der Waals surface area contributed by atoms with Crippen LogP contribution in [0.4, 0.5) is 9.59 Å². The van der Waals surface area contributed by atoms with Crippen molar-refractivity contribution in [2.75, 3.05) is 13.2 Å². The summed E-state index contributed by atoms with van der Waals surface area (Å²) in [6, 6.07) is 14.1. The van der Waals surface area contributed by atoms with Crippen molar-refractivity contribution in [1.29, 1.82) is 0 Å². The standard InChI is InChI=1S/C39H49N7O5/c1-38(2,3)50-36(47)43(22-26-11-9-12-26)24-30-20-28-17-16-27(19-33(28)45(30)37(48)51-39(4,5)6)23-44-25-32(41-42-44)31-14-10-13-29-21-40-46(35(29)31)34-15-7-8-18-49-34/h10,13-14,16-17,19-21,25-26,34H,7-9,11-12,15,18,22-24H2,1-6H3. The molecule has 2 aliphatic rings. The molecule has 3 aromatic heterocycles. The number of carbonyl (C=O) groups is 2. The average molecular weight is 696 g/mol. The van der Waals surface area contributed by atoms with Crippen LogP contribution < -0.4 is 0 Å². The summed E-state index contributed by atoms with van der Waals surface area (Å²) in [5.41, 5.74) is 3.62. The van der Waals surface area contributed by atoms with Gasteiger partial charge in [-0.25, -0.2) is 23.5 Å². The van der Waals surface area contributed by atoms with E-state index < -0.39 is 17.3 Å². The highest BCUT2D eigenvalue weighted by Crippen LogP contribution is 2.33. The number of hydrogen-bond donors (Lipinski definition) is 0. The Hall–Kier alpha value is -4.71. The molecule has 1 unspecified atom stereocenters. The molecule has 12 nitrogen and oxygen atoms in total. The predicted molar refractivity (Wildman–Crippen MR) is 194 cm³/mol. The topological polar surface area (TPSA) is 119 Å². The first-order valence-electron chi connectivity index (χ1n) is 18.1. The van der Waals surface area contributed by atoms with E-state index in [1.54, 1.807) is 14.1 Å². The largest absolute Gasteiger partial charge is 0.444 e. The lowest BCUT2D eigenvalue weighted by atomic mass is 9.85. The third-order valence-electron chi connectivity index (χ3n) is 9.43. The summed E-state index contributed by atoms with van der Waals surface area (Å²) in [6.07, 6.45) is 9.26. The minimum atomic E-state index is -0.711. The Morgan fingerprint density at radius 3 is 2.45 bits per heavy atom. The van der Waals surface area contributed by atoms with E-state index in [-0.39, 0.29) is 18.9 Å². The number of carbonyl (C=O) groups excluding carboxylic acids is 2. The molecule has 4 heterocycles. The second-order valence-corrected chi connectivity index (χ2v) is 16.0. The van der Waals surface area contributed by atoms with E-state index in [2.05, 4.69) is 21.5 Å². The zero-order valence-electron chi connectivity index (χ0n) is 30.6. The third-order valence-corrected chi connectivity index (χ3v) is 9.43. The highest BCUT2D eigenvalue weighted by Gasteiger charge is 2.30. The Morgan fingerprint density at radius 1 is 0.941 bits per heavy atom. The number of ether oxygens (including phenoxy) is 3. The fourth-order valence-electron chi connectivity index (χ4n) is 6.89. The number of benzene rings is 2. The summed E-state index contributed by atoms with van der Waals surface area (Å²) in [6.45, 7) is 13.1. The van der Waals surface area contributed by atoms with Gasteiger partial charge in [0.15, 0.2) is 6.23 Å². The number of aromatic nitrogens is 6. The molecule has 270 valence electrons. The Kier molecular flexibility index (Phi) is 9.38. The first kappa shape index (κ1) is 34.7. The third kappa shape index (κ3) is 7.80. The van der Waals surface area contributed by atoms with Gasteiger partial charge in [0.1, 0.15) is 16.9 Å². The van der Waals surface area contributed by atoms with Gasteiger partial charge in [-0.3, -0.25) is 0 Å². The van der Waals surface area contributed by atoms with Gasteiger partial charge in [-0.05, 0) is 97.3 Å². The summed E-state index contributed by atoms with van der Waals surface area (Å²) < 4.78 is 23.2. The van der Waals surface area contributed by atoms with Gasteiger partial charge >= 0.3 is 12.2 Å². The maximum Gasteiger partial charge on any atom is 0.419 e. The molecule has 1 amide bonds. The van der Waals surface area contributed by atoms with E-state index in [0.717, 1.165) is 78.2 Å².